The van der Waals surface area contributed by atoms with Gasteiger partial charge in [0, 0.05) is 23.7 Å². The van der Waals surface area contributed by atoms with E-state index in [4.69, 9.17) is 21.1 Å². The summed E-state index contributed by atoms with van der Waals surface area (Å²) in [5, 5.41) is 33.0. The van der Waals surface area contributed by atoms with Crippen LogP contribution < -0.4 is 5.32 Å². The Morgan fingerprint density at radius 1 is 0.903 bits per heavy atom. The van der Waals surface area contributed by atoms with Crippen LogP contribution in [0.4, 0.5) is 0 Å². The molecule has 0 saturated heterocycles. The Bertz CT molecular complexity index is 741. The number of unbranched alkanes of at least 4 members (excludes halogenated alkanes) is 3. The molecule has 0 aliphatic carbocycles. The second kappa shape index (κ2) is 15.2. The van der Waals surface area contributed by atoms with Gasteiger partial charge in [-0.15, -0.1) is 0 Å². The van der Waals surface area contributed by atoms with Gasteiger partial charge in [0.2, 0.25) is 0 Å². The molecule has 0 fully saturated rings. The lowest BCUT2D eigenvalue weighted by molar-refractivity contribution is 0.0393. The molecule has 1 unspecified atom stereocenters. The number of aliphatic hydroxyl groups excluding tert-OH is 2. The van der Waals surface area contributed by atoms with E-state index in [0.717, 1.165) is 49.4 Å². The van der Waals surface area contributed by atoms with E-state index in [1.165, 1.54) is 6.07 Å². The van der Waals surface area contributed by atoms with Crippen molar-refractivity contribution in [1.29, 1.82) is 0 Å². The van der Waals surface area contributed by atoms with Crippen molar-refractivity contribution in [1.82, 2.24) is 5.32 Å². The molecule has 7 heteroatoms. The van der Waals surface area contributed by atoms with Gasteiger partial charge in [-0.1, -0.05) is 42.6 Å². The van der Waals surface area contributed by atoms with Crippen molar-refractivity contribution in [3.8, 4) is 5.75 Å². The summed E-state index contributed by atoms with van der Waals surface area (Å²) in [7, 11) is 0. The highest BCUT2D eigenvalue weighted by atomic mass is 35.5. The Hall–Kier alpha value is -1.67. The molecule has 0 amide bonds. The predicted molar refractivity (Wildman–Crippen MR) is 122 cm³/mol. The third-order valence-corrected chi connectivity index (χ3v) is 5.19. The van der Waals surface area contributed by atoms with E-state index in [1.54, 1.807) is 12.1 Å². The maximum atomic E-state index is 10.2. The first kappa shape index (κ1) is 25.6. The van der Waals surface area contributed by atoms with Gasteiger partial charge in [0.25, 0.3) is 0 Å². The van der Waals surface area contributed by atoms with Gasteiger partial charge in [0.05, 0.1) is 32.5 Å². The number of aromatic hydroxyl groups is 1. The molecule has 0 spiro atoms. The van der Waals surface area contributed by atoms with Crippen LogP contribution >= 0.6 is 11.6 Å². The van der Waals surface area contributed by atoms with Gasteiger partial charge in [-0.25, -0.2) is 0 Å². The number of halogens is 1. The fraction of sp³-hybridized carbons (Fsp3) is 0.500. The van der Waals surface area contributed by atoms with Crippen molar-refractivity contribution >= 4 is 11.6 Å². The van der Waals surface area contributed by atoms with Gasteiger partial charge in [-0.05, 0) is 54.8 Å². The minimum Gasteiger partial charge on any atom is -0.508 e. The molecule has 2 aromatic rings. The highest BCUT2D eigenvalue weighted by molar-refractivity contribution is 6.30. The Balaban J connectivity index is 1.39. The van der Waals surface area contributed by atoms with Gasteiger partial charge in [-0.3, -0.25) is 0 Å². The topological polar surface area (TPSA) is 91.2 Å². The van der Waals surface area contributed by atoms with E-state index in [1.807, 2.05) is 24.3 Å². The molecule has 0 heterocycles. The monoisotopic (exact) mass is 451 g/mol. The van der Waals surface area contributed by atoms with Crippen LogP contribution in [-0.4, -0.2) is 48.2 Å². The highest BCUT2D eigenvalue weighted by Crippen LogP contribution is 2.22. The molecule has 4 N–H and O–H groups in total. The summed E-state index contributed by atoms with van der Waals surface area (Å²) in [6, 6.07) is 12.4. The van der Waals surface area contributed by atoms with E-state index in [9.17, 15) is 15.3 Å². The number of benzene rings is 2. The summed E-state index contributed by atoms with van der Waals surface area (Å²) in [5.41, 5.74) is 2.21. The minimum absolute atomic E-state index is 0.0425. The second-order valence-corrected chi connectivity index (χ2v) is 7.91. The average molecular weight is 452 g/mol. The number of hydrogen-bond acceptors (Lipinski definition) is 6. The molecule has 0 bridgehead atoms. The maximum absolute atomic E-state index is 10.2. The second-order valence-electron chi connectivity index (χ2n) is 7.47. The zero-order chi connectivity index (χ0) is 22.3. The van der Waals surface area contributed by atoms with Crippen LogP contribution in [0.25, 0.3) is 0 Å². The molecule has 0 radical (unpaired) electrons. The molecular formula is C24H34ClNO5. The fourth-order valence-corrected chi connectivity index (χ4v) is 3.22. The van der Waals surface area contributed by atoms with Crippen LogP contribution in [0.5, 0.6) is 5.75 Å². The fourth-order valence-electron chi connectivity index (χ4n) is 3.09. The van der Waals surface area contributed by atoms with Crippen LogP contribution in [0.1, 0.15) is 48.5 Å². The van der Waals surface area contributed by atoms with Crippen molar-refractivity contribution in [2.45, 2.75) is 45.0 Å². The molecule has 172 valence electrons. The molecule has 1 atom stereocenters. The third kappa shape index (κ3) is 10.5. The molecule has 31 heavy (non-hydrogen) atoms. The lowest BCUT2D eigenvalue weighted by Crippen LogP contribution is -2.22. The predicted octanol–water partition coefficient (Wildman–Crippen LogP) is 3.95. The van der Waals surface area contributed by atoms with Crippen LogP contribution in [0, 0.1) is 0 Å². The van der Waals surface area contributed by atoms with Crippen LogP contribution in [0.15, 0.2) is 42.5 Å². The van der Waals surface area contributed by atoms with E-state index in [-0.39, 0.29) is 12.4 Å². The first-order valence-corrected chi connectivity index (χ1v) is 11.2. The number of phenols is 1. The summed E-state index contributed by atoms with van der Waals surface area (Å²) in [4.78, 5) is 0. The zero-order valence-electron chi connectivity index (χ0n) is 17.9. The molecule has 6 nitrogen and oxygen atoms in total. The number of ether oxygens (including phenoxy) is 2. The lowest BCUT2D eigenvalue weighted by Gasteiger charge is -2.14. The summed E-state index contributed by atoms with van der Waals surface area (Å²) < 4.78 is 11.2. The summed E-state index contributed by atoms with van der Waals surface area (Å²) >= 11 is 5.85. The SMILES string of the molecule is OCc1cc(C(O)CNCCCCCCOCCOCc2ccc(Cl)cc2)ccc1O. The quantitative estimate of drug-likeness (QED) is 0.289. The van der Waals surface area contributed by atoms with Crippen molar-refractivity contribution in [3.63, 3.8) is 0 Å². The number of aliphatic hydroxyl groups is 2. The normalized spacial score (nSPS) is 12.2. The first-order chi connectivity index (χ1) is 15.1. The number of nitrogens with one attached hydrogen (secondary N) is 1. The molecule has 0 saturated carbocycles. The van der Waals surface area contributed by atoms with Crippen molar-refractivity contribution in [3.05, 3.63) is 64.2 Å². The van der Waals surface area contributed by atoms with Crippen LogP contribution in [0.2, 0.25) is 5.02 Å². The standard InChI is InChI=1S/C24H34ClNO5/c25-22-8-5-19(6-9-22)18-31-14-13-30-12-4-2-1-3-11-26-16-24(29)20-7-10-23(28)21(15-20)17-27/h5-10,15,24,26-29H,1-4,11-14,16-18H2. The highest BCUT2D eigenvalue weighted by Gasteiger charge is 2.09. The molecule has 2 rings (SSSR count). The third-order valence-electron chi connectivity index (χ3n) is 4.94. The Morgan fingerprint density at radius 2 is 1.65 bits per heavy atom. The Labute approximate surface area is 189 Å². The van der Waals surface area contributed by atoms with E-state index in [2.05, 4.69) is 5.32 Å². The van der Waals surface area contributed by atoms with Gasteiger partial charge >= 0.3 is 0 Å². The molecule has 2 aromatic carbocycles. The summed E-state index contributed by atoms with van der Waals surface area (Å²) in [6.45, 7) is 3.51. The summed E-state index contributed by atoms with van der Waals surface area (Å²) in [5.74, 6) is 0.0425. The minimum atomic E-state index is -0.666. The Kier molecular flexibility index (Phi) is 12.5. The van der Waals surface area contributed by atoms with E-state index < -0.39 is 6.10 Å². The zero-order valence-corrected chi connectivity index (χ0v) is 18.7. The largest absolute Gasteiger partial charge is 0.508 e. The molecule has 0 aliphatic heterocycles. The van der Waals surface area contributed by atoms with E-state index in [0.29, 0.717) is 37.5 Å². The first-order valence-electron chi connectivity index (χ1n) is 10.8. The number of rotatable bonds is 16. The molecule has 0 aromatic heterocycles. The van der Waals surface area contributed by atoms with Crippen molar-refractivity contribution in [2.75, 3.05) is 32.9 Å². The van der Waals surface area contributed by atoms with Gasteiger partial charge in [0.15, 0.2) is 0 Å². The van der Waals surface area contributed by atoms with E-state index >= 15 is 0 Å². The molecular weight excluding hydrogens is 418 g/mol. The average Bonchev–Trinajstić information content (AvgIpc) is 2.78. The lowest BCUT2D eigenvalue weighted by atomic mass is 10.1. The van der Waals surface area contributed by atoms with Gasteiger partial charge in [-0.2, -0.15) is 0 Å². The smallest absolute Gasteiger partial charge is 0.121 e. The van der Waals surface area contributed by atoms with Gasteiger partial charge < -0.3 is 30.1 Å². The van der Waals surface area contributed by atoms with Crippen LogP contribution in [0.3, 0.4) is 0 Å². The number of hydrogen-bond donors (Lipinski definition) is 4. The van der Waals surface area contributed by atoms with Crippen molar-refractivity contribution in [2.24, 2.45) is 0 Å². The maximum Gasteiger partial charge on any atom is 0.121 e. The van der Waals surface area contributed by atoms with Gasteiger partial charge in [0.1, 0.15) is 5.75 Å². The van der Waals surface area contributed by atoms with Crippen LogP contribution in [-0.2, 0) is 22.7 Å². The Morgan fingerprint density at radius 3 is 2.42 bits per heavy atom. The summed E-state index contributed by atoms with van der Waals surface area (Å²) in [6.07, 6.45) is 3.61. The molecule has 0 aliphatic rings. The van der Waals surface area contributed by atoms with Crippen molar-refractivity contribution < 1.29 is 24.8 Å².